The summed E-state index contributed by atoms with van der Waals surface area (Å²) in [6, 6.07) is 15.0. The van der Waals surface area contributed by atoms with Crippen molar-refractivity contribution < 1.29 is 9.47 Å². The molecule has 0 spiro atoms. The summed E-state index contributed by atoms with van der Waals surface area (Å²) in [5.74, 6) is 2.49. The monoisotopic (exact) mass is 396 g/mol. The summed E-state index contributed by atoms with van der Waals surface area (Å²) in [7, 11) is 5.19. The molecule has 2 N–H and O–H groups in total. The number of hydrogen-bond acceptors (Lipinski definition) is 4. The molecule has 0 aliphatic carbocycles. The molecule has 0 bridgehead atoms. The van der Waals surface area contributed by atoms with E-state index in [0.717, 1.165) is 55.6 Å². The lowest BCUT2D eigenvalue weighted by atomic mass is 10.0. The Balaban J connectivity index is 1.52. The highest BCUT2D eigenvalue weighted by molar-refractivity contribution is 5.80. The molecule has 0 radical (unpaired) electrons. The minimum absolute atomic E-state index is 0.405. The smallest absolute Gasteiger partial charge is 0.191 e. The fourth-order valence-corrected chi connectivity index (χ4v) is 3.65. The molecule has 0 aromatic heterocycles. The summed E-state index contributed by atoms with van der Waals surface area (Å²) in [5.41, 5.74) is 3.67. The lowest BCUT2D eigenvalue weighted by Gasteiger charge is -2.34. The second kappa shape index (κ2) is 10.0. The van der Waals surface area contributed by atoms with E-state index in [1.165, 1.54) is 11.1 Å². The minimum Gasteiger partial charge on any atom is -0.497 e. The van der Waals surface area contributed by atoms with Crippen molar-refractivity contribution in [3.05, 3.63) is 53.6 Å². The summed E-state index contributed by atoms with van der Waals surface area (Å²) < 4.78 is 10.8. The first-order valence-electron chi connectivity index (χ1n) is 10.1. The molecule has 0 amide bonds. The Bertz CT molecular complexity index is 807. The molecule has 0 atom stereocenters. The third-order valence-electron chi connectivity index (χ3n) is 5.30. The molecule has 0 unspecified atom stereocenters. The maximum atomic E-state index is 5.40. The number of nitrogens with one attached hydrogen (secondary N) is 2. The third-order valence-corrected chi connectivity index (χ3v) is 5.30. The van der Waals surface area contributed by atoms with Gasteiger partial charge in [0.1, 0.15) is 11.5 Å². The average Bonchev–Trinajstić information content (AvgIpc) is 2.76. The molecule has 2 aromatic rings. The number of guanidine groups is 1. The minimum atomic E-state index is 0.405. The number of aliphatic imine (C=N–C) groups is 1. The highest BCUT2D eigenvalue weighted by Crippen LogP contribution is 2.30. The van der Waals surface area contributed by atoms with E-state index < -0.39 is 0 Å². The van der Waals surface area contributed by atoms with Gasteiger partial charge in [-0.1, -0.05) is 29.8 Å². The maximum Gasteiger partial charge on any atom is 0.191 e. The molecule has 0 saturated carbocycles. The highest BCUT2D eigenvalue weighted by Gasteiger charge is 2.21. The number of nitrogens with zero attached hydrogens (tertiary/aromatic N) is 2. The first-order valence-corrected chi connectivity index (χ1v) is 10.1. The van der Waals surface area contributed by atoms with E-state index >= 15 is 0 Å². The molecule has 156 valence electrons. The predicted octanol–water partition coefficient (Wildman–Crippen LogP) is 3.35. The number of rotatable bonds is 6. The summed E-state index contributed by atoms with van der Waals surface area (Å²) >= 11 is 0. The van der Waals surface area contributed by atoms with Crippen LogP contribution >= 0.6 is 0 Å². The van der Waals surface area contributed by atoms with E-state index in [9.17, 15) is 0 Å². The molecule has 1 saturated heterocycles. The topological polar surface area (TPSA) is 58.1 Å². The Labute approximate surface area is 173 Å². The van der Waals surface area contributed by atoms with Crippen LogP contribution in [0.3, 0.4) is 0 Å². The zero-order chi connectivity index (χ0) is 20.6. The van der Waals surface area contributed by atoms with E-state index in [4.69, 9.17) is 9.47 Å². The Morgan fingerprint density at radius 2 is 1.76 bits per heavy atom. The molecule has 2 aromatic carbocycles. The quantitative estimate of drug-likeness (QED) is 0.579. The fraction of sp³-hybridized carbons (Fsp3) is 0.435. The van der Waals surface area contributed by atoms with Crippen LogP contribution in [0, 0.1) is 6.92 Å². The molecule has 6 heteroatoms. The van der Waals surface area contributed by atoms with Crippen LogP contribution in [0.5, 0.6) is 11.5 Å². The number of benzene rings is 2. The van der Waals surface area contributed by atoms with Crippen LogP contribution in [0.25, 0.3) is 0 Å². The molecule has 6 nitrogen and oxygen atoms in total. The Hall–Kier alpha value is -2.89. The summed E-state index contributed by atoms with van der Waals surface area (Å²) in [6.45, 7) is 4.83. The van der Waals surface area contributed by atoms with Crippen LogP contribution in [-0.4, -0.2) is 46.4 Å². The summed E-state index contributed by atoms with van der Waals surface area (Å²) in [5, 5.41) is 7.00. The Morgan fingerprint density at radius 3 is 2.34 bits per heavy atom. The van der Waals surface area contributed by atoms with Crippen molar-refractivity contribution in [3.63, 3.8) is 0 Å². The van der Waals surface area contributed by atoms with Crippen molar-refractivity contribution in [1.29, 1.82) is 0 Å². The van der Waals surface area contributed by atoms with E-state index in [0.29, 0.717) is 6.04 Å². The average molecular weight is 397 g/mol. The second-order valence-corrected chi connectivity index (χ2v) is 7.39. The molecule has 29 heavy (non-hydrogen) atoms. The standard InChI is InChI=1S/C23H32N4O2/c1-17-6-5-7-18(12-17)16-25-23(24-2)26-19-8-10-27(11-9-19)20-13-21(28-3)15-22(14-20)29-4/h5-7,12-15,19H,8-11,16H2,1-4H3,(H2,24,25,26). The number of anilines is 1. The largest absolute Gasteiger partial charge is 0.497 e. The molecule has 1 aliphatic heterocycles. The second-order valence-electron chi connectivity index (χ2n) is 7.39. The molecule has 3 rings (SSSR count). The van der Waals surface area contributed by atoms with Gasteiger partial charge in [0.05, 0.1) is 14.2 Å². The van der Waals surface area contributed by atoms with Gasteiger partial charge >= 0.3 is 0 Å². The van der Waals surface area contributed by atoms with E-state index in [1.54, 1.807) is 14.2 Å². The Morgan fingerprint density at radius 1 is 1.07 bits per heavy atom. The molecule has 1 fully saturated rings. The van der Waals surface area contributed by atoms with Crippen LogP contribution in [0.15, 0.2) is 47.5 Å². The van der Waals surface area contributed by atoms with Crippen LogP contribution < -0.4 is 25.0 Å². The van der Waals surface area contributed by atoms with E-state index in [-0.39, 0.29) is 0 Å². The molecule has 1 aliphatic rings. The van der Waals surface area contributed by atoms with Crippen molar-refractivity contribution in [3.8, 4) is 11.5 Å². The summed E-state index contributed by atoms with van der Waals surface area (Å²) in [6.07, 6.45) is 2.09. The van der Waals surface area contributed by atoms with Gasteiger partial charge in [-0.05, 0) is 25.3 Å². The molecular weight excluding hydrogens is 364 g/mol. The number of hydrogen-bond donors (Lipinski definition) is 2. The van der Waals surface area contributed by atoms with Gasteiger partial charge in [0.15, 0.2) is 5.96 Å². The van der Waals surface area contributed by atoms with Gasteiger partial charge in [0.25, 0.3) is 0 Å². The molecule has 1 heterocycles. The van der Waals surface area contributed by atoms with Gasteiger partial charge in [-0.3, -0.25) is 4.99 Å². The first kappa shape index (κ1) is 20.8. The van der Waals surface area contributed by atoms with Crippen molar-refractivity contribution in [2.24, 2.45) is 4.99 Å². The fourth-order valence-electron chi connectivity index (χ4n) is 3.65. The Kier molecular flexibility index (Phi) is 7.22. The van der Waals surface area contributed by atoms with Crippen LogP contribution in [-0.2, 0) is 6.54 Å². The zero-order valence-electron chi connectivity index (χ0n) is 17.9. The normalized spacial score (nSPS) is 15.2. The number of aryl methyl sites for hydroxylation is 1. The third kappa shape index (κ3) is 5.79. The van der Waals surface area contributed by atoms with Gasteiger partial charge in [-0.15, -0.1) is 0 Å². The van der Waals surface area contributed by atoms with Gasteiger partial charge in [-0.2, -0.15) is 0 Å². The highest BCUT2D eigenvalue weighted by atomic mass is 16.5. The van der Waals surface area contributed by atoms with Gasteiger partial charge in [0, 0.05) is 56.6 Å². The number of methoxy groups -OCH3 is 2. The summed E-state index contributed by atoms with van der Waals surface area (Å²) in [4.78, 5) is 6.77. The van der Waals surface area contributed by atoms with Gasteiger partial charge in [0.2, 0.25) is 0 Å². The molecular formula is C23H32N4O2. The first-order chi connectivity index (χ1) is 14.1. The van der Waals surface area contributed by atoms with E-state index in [1.807, 2.05) is 13.1 Å². The van der Waals surface area contributed by atoms with Crippen LogP contribution in [0.2, 0.25) is 0 Å². The van der Waals surface area contributed by atoms with Gasteiger partial charge < -0.3 is 25.0 Å². The van der Waals surface area contributed by atoms with E-state index in [2.05, 4.69) is 63.8 Å². The number of piperidine rings is 1. The van der Waals surface area contributed by atoms with Crippen LogP contribution in [0.1, 0.15) is 24.0 Å². The zero-order valence-corrected chi connectivity index (χ0v) is 17.9. The van der Waals surface area contributed by atoms with Crippen molar-refractivity contribution in [2.45, 2.75) is 32.4 Å². The number of ether oxygens (including phenoxy) is 2. The van der Waals surface area contributed by atoms with Crippen molar-refractivity contribution in [2.75, 3.05) is 39.3 Å². The predicted molar refractivity (Wildman–Crippen MR) is 119 cm³/mol. The maximum absolute atomic E-state index is 5.40. The van der Waals surface area contributed by atoms with Crippen molar-refractivity contribution in [1.82, 2.24) is 10.6 Å². The van der Waals surface area contributed by atoms with Crippen molar-refractivity contribution >= 4 is 11.6 Å². The van der Waals surface area contributed by atoms with Gasteiger partial charge in [-0.25, -0.2) is 0 Å². The van der Waals surface area contributed by atoms with Crippen LogP contribution in [0.4, 0.5) is 5.69 Å². The lowest BCUT2D eigenvalue weighted by molar-refractivity contribution is 0.393. The lowest BCUT2D eigenvalue weighted by Crippen LogP contribution is -2.48. The SMILES string of the molecule is CN=C(NCc1cccc(C)c1)NC1CCN(c2cc(OC)cc(OC)c2)CC1.